The first-order chi connectivity index (χ1) is 10.6. The first-order valence-electron chi connectivity index (χ1n) is 8.02. The maximum absolute atomic E-state index is 12.5. The first-order valence-corrected chi connectivity index (χ1v) is 8.02. The van der Waals surface area contributed by atoms with Crippen LogP contribution in [0.15, 0.2) is 24.5 Å². The summed E-state index contributed by atoms with van der Waals surface area (Å²) in [5, 5.41) is 4.08. The van der Waals surface area contributed by atoms with Crippen LogP contribution in [-0.4, -0.2) is 21.5 Å². The predicted octanol–water partition coefficient (Wildman–Crippen LogP) is 3.51. The van der Waals surface area contributed by atoms with Crippen LogP contribution in [0.5, 0.6) is 0 Å². The standard InChI is InChI=1S/C17H24N4O.2ClH/c1-11(18)12-3-5-13(6-4-12)17(22)20-15-7-9-19-16-14(15)8-10-21(16)2;;/h7-13H,3-6,18H2,1-2H3,(H,19,20,22);2*1H. The SMILES string of the molecule is CC(N)C1CCC(C(=O)Nc2ccnc3c2ccn3C)CC1.Cl.Cl. The number of hydrogen-bond donors (Lipinski definition) is 2. The molecule has 1 fully saturated rings. The number of amides is 1. The largest absolute Gasteiger partial charge is 0.336 e. The molecule has 2 aromatic rings. The number of rotatable bonds is 3. The van der Waals surface area contributed by atoms with Gasteiger partial charge in [0.15, 0.2) is 0 Å². The van der Waals surface area contributed by atoms with E-state index < -0.39 is 0 Å². The molecule has 1 atom stereocenters. The Balaban J connectivity index is 0.00000144. The lowest BCUT2D eigenvalue weighted by molar-refractivity contribution is -0.121. The minimum absolute atomic E-state index is 0. The van der Waals surface area contributed by atoms with Crippen LogP contribution in [0.1, 0.15) is 32.6 Å². The summed E-state index contributed by atoms with van der Waals surface area (Å²) in [5.41, 5.74) is 7.71. The van der Waals surface area contributed by atoms with E-state index in [1.54, 1.807) is 6.20 Å². The summed E-state index contributed by atoms with van der Waals surface area (Å²) in [7, 11) is 1.95. The Morgan fingerprint density at radius 3 is 2.58 bits per heavy atom. The van der Waals surface area contributed by atoms with Gasteiger partial charge in [-0.15, -0.1) is 24.8 Å². The van der Waals surface area contributed by atoms with Crippen molar-refractivity contribution in [3.8, 4) is 0 Å². The molecule has 134 valence electrons. The van der Waals surface area contributed by atoms with E-state index in [0.29, 0.717) is 5.92 Å². The van der Waals surface area contributed by atoms with Gasteiger partial charge in [-0.25, -0.2) is 4.98 Å². The van der Waals surface area contributed by atoms with Gasteiger partial charge in [0, 0.05) is 36.8 Å². The van der Waals surface area contributed by atoms with Crippen LogP contribution in [-0.2, 0) is 11.8 Å². The highest BCUT2D eigenvalue weighted by Crippen LogP contribution is 2.31. The lowest BCUT2D eigenvalue weighted by Gasteiger charge is -2.30. The summed E-state index contributed by atoms with van der Waals surface area (Å²) in [4.78, 5) is 16.9. The molecular formula is C17H26Cl2N4O. The molecule has 1 amide bonds. The smallest absolute Gasteiger partial charge is 0.227 e. The highest BCUT2D eigenvalue weighted by atomic mass is 35.5. The monoisotopic (exact) mass is 372 g/mol. The van der Waals surface area contributed by atoms with Crippen molar-refractivity contribution in [2.45, 2.75) is 38.6 Å². The van der Waals surface area contributed by atoms with Crippen LogP contribution in [0.4, 0.5) is 5.69 Å². The fourth-order valence-electron chi connectivity index (χ4n) is 3.42. The summed E-state index contributed by atoms with van der Waals surface area (Å²) >= 11 is 0. The number of carbonyl (C=O) groups is 1. The van der Waals surface area contributed by atoms with Gasteiger partial charge in [0.2, 0.25) is 5.91 Å². The van der Waals surface area contributed by atoms with Crippen LogP contribution < -0.4 is 11.1 Å². The Kier molecular flexibility index (Phi) is 7.52. The number of fused-ring (bicyclic) bond motifs is 1. The van der Waals surface area contributed by atoms with Crippen molar-refractivity contribution in [2.75, 3.05) is 5.32 Å². The highest BCUT2D eigenvalue weighted by molar-refractivity contribution is 6.01. The average Bonchev–Trinajstić information content (AvgIpc) is 2.90. The molecule has 2 aromatic heterocycles. The molecule has 5 nitrogen and oxygen atoms in total. The van der Waals surface area contributed by atoms with Crippen molar-refractivity contribution in [1.29, 1.82) is 0 Å². The van der Waals surface area contributed by atoms with E-state index in [-0.39, 0.29) is 42.7 Å². The maximum Gasteiger partial charge on any atom is 0.227 e. The van der Waals surface area contributed by atoms with Gasteiger partial charge in [-0.3, -0.25) is 4.79 Å². The number of pyridine rings is 1. The van der Waals surface area contributed by atoms with Crippen molar-refractivity contribution in [3.05, 3.63) is 24.5 Å². The second-order valence-corrected chi connectivity index (χ2v) is 6.48. The van der Waals surface area contributed by atoms with Gasteiger partial charge in [-0.2, -0.15) is 0 Å². The Morgan fingerprint density at radius 2 is 1.96 bits per heavy atom. The molecule has 2 heterocycles. The summed E-state index contributed by atoms with van der Waals surface area (Å²) in [5.74, 6) is 0.784. The van der Waals surface area contributed by atoms with Gasteiger partial charge in [0.25, 0.3) is 0 Å². The number of nitrogens with zero attached hydrogens (tertiary/aromatic N) is 2. The van der Waals surface area contributed by atoms with Gasteiger partial charge < -0.3 is 15.6 Å². The molecular weight excluding hydrogens is 347 g/mol. The third kappa shape index (κ3) is 4.21. The summed E-state index contributed by atoms with van der Waals surface area (Å²) in [6, 6.07) is 4.09. The van der Waals surface area contributed by atoms with E-state index in [1.807, 2.05) is 29.9 Å². The van der Waals surface area contributed by atoms with Crippen molar-refractivity contribution >= 4 is 47.4 Å². The molecule has 0 aromatic carbocycles. The molecule has 0 spiro atoms. The van der Waals surface area contributed by atoms with Crippen molar-refractivity contribution in [1.82, 2.24) is 9.55 Å². The minimum atomic E-state index is 0. The van der Waals surface area contributed by atoms with Gasteiger partial charge in [0.1, 0.15) is 5.65 Å². The van der Waals surface area contributed by atoms with E-state index in [1.165, 1.54) is 0 Å². The van der Waals surface area contributed by atoms with Gasteiger partial charge in [-0.05, 0) is 50.7 Å². The lowest BCUT2D eigenvalue weighted by atomic mass is 9.79. The van der Waals surface area contributed by atoms with Crippen molar-refractivity contribution in [2.24, 2.45) is 24.6 Å². The van der Waals surface area contributed by atoms with Crippen LogP contribution in [0.2, 0.25) is 0 Å². The molecule has 0 radical (unpaired) electrons. The minimum Gasteiger partial charge on any atom is -0.336 e. The molecule has 1 unspecified atom stereocenters. The molecule has 1 saturated carbocycles. The Labute approximate surface area is 155 Å². The van der Waals surface area contributed by atoms with Crippen molar-refractivity contribution < 1.29 is 4.79 Å². The molecule has 1 aliphatic carbocycles. The molecule has 3 rings (SSSR count). The van der Waals surface area contributed by atoms with Gasteiger partial charge in [-0.1, -0.05) is 0 Å². The van der Waals surface area contributed by atoms with Crippen LogP contribution in [0, 0.1) is 11.8 Å². The van der Waals surface area contributed by atoms with E-state index in [9.17, 15) is 4.79 Å². The lowest BCUT2D eigenvalue weighted by Crippen LogP contribution is -2.33. The second kappa shape index (κ2) is 8.70. The molecule has 1 aliphatic rings. The number of aryl methyl sites for hydroxylation is 1. The number of aromatic nitrogens is 2. The number of anilines is 1. The third-order valence-electron chi connectivity index (χ3n) is 4.91. The fourth-order valence-corrected chi connectivity index (χ4v) is 3.42. The van der Waals surface area contributed by atoms with E-state index >= 15 is 0 Å². The van der Waals surface area contributed by atoms with E-state index in [0.717, 1.165) is 42.4 Å². The zero-order chi connectivity index (χ0) is 15.7. The molecule has 3 N–H and O–H groups in total. The molecule has 0 bridgehead atoms. The van der Waals surface area contributed by atoms with E-state index in [2.05, 4.69) is 17.2 Å². The molecule has 0 aliphatic heterocycles. The predicted molar refractivity (Wildman–Crippen MR) is 103 cm³/mol. The first kappa shape index (κ1) is 20.7. The number of nitrogens with two attached hydrogens (primary N) is 1. The number of nitrogens with one attached hydrogen (secondary N) is 1. The van der Waals surface area contributed by atoms with Crippen LogP contribution >= 0.6 is 24.8 Å². The molecule has 0 saturated heterocycles. The van der Waals surface area contributed by atoms with Crippen LogP contribution in [0.25, 0.3) is 11.0 Å². The molecule has 7 heteroatoms. The zero-order valence-corrected chi connectivity index (χ0v) is 15.7. The Bertz CT molecular complexity index is 678. The third-order valence-corrected chi connectivity index (χ3v) is 4.91. The summed E-state index contributed by atoms with van der Waals surface area (Å²) < 4.78 is 1.96. The normalized spacial score (nSPS) is 21.5. The van der Waals surface area contributed by atoms with Gasteiger partial charge in [0.05, 0.1) is 5.69 Å². The zero-order valence-electron chi connectivity index (χ0n) is 14.1. The average molecular weight is 373 g/mol. The topological polar surface area (TPSA) is 72.9 Å². The number of carbonyl (C=O) groups excluding carboxylic acids is 1. The van der Waals surface area contributed by atoms with E-state index in [4.69, 9.17) is 5.73 Å². The maximum atomic E-state index is 12.5. The Morgan fingerprint density at radius 1 is 1.29 bits per heavy atom. The fraction of sp³-hybridized carbons (Fsp3) is 0.529. The molecule has 24 heavy (non-hydrogen) atoms. The number of hydrogen-bond acceptors (Lipinski definition) is 3. The highest BCUT2D eigenvalue weighted by Gasteiger charge is 2.28. The number of halogens is 2. The van der Waals surface area contributed by atoms with Crippen molar-refractivity contribution in [3.63, 3.8) is 0 Å². The summed E-state index contributed by atoms with van der Waals surface area (Å²) in [6.45, 7) is 2.06. The Hall–Kier alpha value is -1.30. The van der Waals surface area contributed by atoms with Gasteiger partial charge >= 0.3 is 0 Å². The quantitative estimate of drug-likeness (QED) is 0.865. The second-order valence-electron chi connectivity index (χ2n) is 6.48. The summed E-state index contributed by atoms with van der Waals surface area (Å²) in [6.07, 6.45) is 7.66. The van der Waals surface area contributed by atoms with Crippen LogP contribution in [0.3, 0.4) is 0 Å².